The average Bonchev–Trinajstić information content (AvgIpc) is 2.71. The highest BCUT2D eigenvalue weighted by molar-refractivity contribution is 7.10. The van der Waals surface area contributed by atoms with E-state index in [4.69, 9.17) is 0 Å². The number of nitrogens with zero attached hydrogens (tertiary/aromatic N) is 1. The van der Waals surface area contributed by atoms with Crippen molar-refractivity contribution >= 4 is 17.6 Å². The number of rotatable bonds is 3. The molecule has 0 unspecified atom stereocenters. The Balaban J connectivity index is 2.41. The van der Waals surface area contributed by atoms with Gasteiger partial charge in [-0.3, -0.25) is 0 Å². The first kappa shape index (κ1) is 10.9. The van der Waals surface area contributed by atoms with Gasteiger partial charge in [0.2, 0.25) is 0 Å². The highest BCUT2D eigenvalue weighted by atomic mass is 32.1. The third-order valence-electron chi connectivity index (χ3n) is 2.01. The van der Waals surface area contributed by atoms with Crippen LogP contribution in [-0.4, -0.2) is 11.3 Å². The lowest BCUT2D eigenvalue weighted by Gasteiger charge is -1.98. The highest BCUT2D eigenvalue weighted by Gasteiger charge is 2.10. The minimum atomic E-state index is -0.524. The van der Waals surface area contributed by atoms with Crippen molar-refractivity contribution in [3.8, 4) is 11.3 Å². The maximum absolute atomic E-state index is 13.4. The molecule has 0 atom stereocenters. The molecule has 82 valence electrons. The molecule has 0 N–H and O–H groups in total. The Bertz CT molecular complexity index is 524. The first-order valence-corrected chi connectivity index (χ1v) is 5.42. The second-order valence-corrected chi connectivity index (χ2v) is 4.06. The van der Waals surface area contributed by atoms with E-state index >= 15 is 0 Å². The molecule has 0 aliphatic heterocycles. The van der Waals surface area contributed by atoms with E-state index in [9.17, 15) is 13.6 Å². The van der Waals surface area contributed by atoms with Crippen molar-refractivity contribution in [3.63, 3.8) is 0 Å². The van der Waals surface area contributed by atoms with Gasteiger partial charge in [0.1, 0.15) is 22.9 Å². The number of carbonyl (C=O) groups is 1. The van der Waals surface area contributed by atoms with E-state index in [0.29, 0.717) is 10.7 Å². The molecule has 0 saturated carbocycles. The zero-order chi connectivity index (χ0) is 11.5. The summed E-state index contributed by atoms with van der Waals surface area (Å²) in [6.07, 6.45) is 0.923. The van der Waals surface area contributed by atoms with Gasteiger partial charge in [-0.1, -0.05) is 0 Å². The Labute approximate surface area is 94.6 Å². The number of hydrogen-bond acceptors (Lipinski definition) is 3. The van der Waals surface area contributed by atoms with Crippen LogP contribution < -0.4 is 0 Å². The van der Waals surface area contributed by atoms with Crippen LogP contribution in [0.2, 0.25) is 0 Å². The average molecular weight is 239 g/mol. The zero-order valence-electron chi connectivity index (χ0n) is 8.11. The van der Waals surface area contributed by atoms with Gasteiger partial charge in [0.15, 0.2) is 0 Å². The molecule has 1 heterocycles. The van der Waals surface area contributed by atoms with E-state index in [1.165, 1.54) is 11.3 Å². The van der Waals surface area contributed by atoms with Crippen molar-refractivity contribution in [1.82, 2.24) is 4.98 Å². The SMILES string of the molecule is O=CCc1nc(-c2cc(F)ccc2F)cs1. The van der Waals surface area contributed by atoms with Gasteiger partial charge >= 0.3 is 0 Å². The lowest BCUT2D eigenvalue weighted by Crippen LogP contribution is -1.88. The molecule has 2 aromatic rings. The number of hydrogen-bond donors (Lipinski definition) is 0. The van der Waals surface area contributed by atoms with Crippen LogP contribution in [0, 0.1) is 11.6 Å². The summed E-state index contributed by atoms with van der Waals surface area (Å²) in [6.45, 7) is 0. The van der Waals surface area contributed by atoms with Crippen molar-refractivity contribution in [2.24, 2.45) is 0 Å². The molecule has 0 aliphatic rings. The lowest BCUT2D eigenvalue weighted by molar-refractivity contribution is -0.107. The Morgan fingerprint density at radius 3 is 2.94 bits per heavy atom. The van der Waals surface area contributed by atoms with Gasteiger partial charge in [-0.15, -0.1) is 11.3 Å². The largest absolute Gasteiger partial charge is 0.303 e. The van der Waals surface area contributed by atoms with Gasteiger partial charge in [0.05, 0.1) is 12.1 Å². The Morgan fingerprint density at radius 2 is 2.19 bits per heavy atom. The molecule has 0 saturated heterocycles. The Morgan fingerprint density at radius 1 is 1.38 bits per heavy atom. The first-order chi connectivity index (χ1) is 7.70. The minimum absolute atomic E-state index is 0.119. The molecule has 1 aromatic heterocycles. The summed E-state index contributed by atoms with van der Waals surface area (Å²) < 4.78 is 26.3. The fourth-order valence-corrected chi connectivity index (χ4v) is 2.04. The van der Waals surface area contributed by atoms with Crippen molar-refractivity contribution in [2.75, 3.05) is 0 Å². The van der Waals surface area contributed by atoms with Gasteiger partial charge < -0.3 is 4.79 Å². The zero-order valence-corrected chi connectivity index (χ0v) is 8.93. The Hall–Kier alpha value is -1.62. The fourth-order valence-electron chi connectivity index (χ4n) is 1.29. The van der Waals surface area contributed by atoms with Gasteiger partial charge in [-0.05, 0) is 18.2 Å². The van der Waals surface area contributed by atoms with Gasteiger partial charge in [-0.25, -0.2) is 13.8 Å². The molecule has 0 spiro atoms. The van der Waals surface area contributed by atoms with E-state index < -0.39 is 11.6 Å². The first-order valence-electron chi connectivity index (χ1n) is 4.54. The summed E-state index contributed by atoms with van der Waals surface area (Å²) in [5.74, 6) is -1.04. The van der Waals surface area contributed by atoms with Gasteiger partial charge in [0, 0.05) is 10.9 Å². The second-order valence-electron chi connectivity index (χ2n) is 3.12. The minimum Gasteiger partial charge on any atom is -0.303 e. The van der Waals surface area contributed by atoms with Crippen LogP contribution in [0.5, 0.6) is 0 Å². The number of aldehydes is 1. The third-order valence-corrected chi connectivity index (χ3v) is 2.89. The number of halogens is 2. The summed E-state index contributed by atoms with van der Waals surface area (Å²) in [6, 6.07) is 3.20. The standard InChI is InChI=1S/C11H7F2NOS/c12-7-1-2-9(13)8(5-7)10-6-16-11(14-10)3-4-15/h1-2,4-6H,3H2. The molecular formula is C11H7F2NOS. The number of carbonyl (C=O) groups excluding carboxylic acids is 1. The molecule has 2 nitrogen and oxygen atoms in total. The van der Waals surface area contributed by atoms with Crippen molar-refractivity contribution in [2.45, 2.75) is 6.42 Å². The highest BCUT2D eigenvalue weighted by Crippen LogP contribution is 2.25. The molecular weight excluding hydrogens is 232 g/mol. The smallest absolute Gasteiger partial charge is 0.132 e. The molecule has 0 fully saturated rings. The topological polar surface area (TPSA) is 30.0 Å². The van der Waals surface area contributed by atoms with Crippen molar-refractivity contribution in [1.29, 1.82) is 0 Å². The van der Waals surface area contributed by atoms with Crippen LogP contribution in [0.1, 0.15) is 5.01 Å². The van der Waals surface area contributed by atoms with E-state index in [0.717, 1.165) is 24.5 Å². The summed E-state index contributed by atoms with van der Waals surface area (Å²) >= 11 is 1.25. The van der Waals surface area contributed by atoms with Crippen LogP contribution in [0.3, 0.4) is 0 Å². The van der Waals surface area contributed by atoms with Crippen LogP contribution in [-0.2, 0) is 11.2 Å². The van der Waals surface area contributed by atoms with Gasteiger partial charge in [-0.2, -0.15) is 0 Å². The number of benzene rings is 1. The van der Waals surface area contributed by atoms with Crippen LogP contribution in [0.25, 0.3) is 11.3 Å². The Kier molecular flexibility index (Phi) is 3.05. The van der Waals surface area contributed by atoms with Crippen molar-refractivity contribution < 1.29 is 13.6 Å². The predicted molar refractivity (Wildman–Crippen MR) is 57.2 cm³/mol. The fraction of sp³-hybridized carbons (Fsp3) is 0.0909. The molecule has 1 aromatic carbocycles. The molecule has 0 radical (unpaired) electrons. The van der Waals surface area contributed by atoms with E-state index in [2.05, 4.69) is 4.98 Å². The summed E-state index contributed by atoms with van der Waals surface area (Å²) in [4.78, 5) is 14.3. The maximum atomic E-state index is 13.4. The lowest BCUT2D eigenvalue weighted by atomic mass is 10.1. The summed E-state index contributed by atoms with van der Waals surface area (Å²) in [5, 5.41) is 2.20. The van der Waals surface area contributed by atoms with Crippen LogP contribution >= 0.6 is 11.3 Å². The second kappa shape index (κ2) is 4.49. The van der Waals surface area contributed by atoms with E-state index in [-0.39, 0.29) is 12.0 Å². The number of aromatic nitrogens is 1. The van der Waals surface area contributed by atoms with E-state index in [1.54, 1.807) is 5.38 Å². The monoisotopic (exact) mass is 239 g/mol. The normalized spacial score (nSPS) is 10.4. The van der Waals surface area contributed by atoms with Crippen LogP contribution in [0.4, 0.5) is 8.78 Å². The van der Waals surface area contributed by atoms with Crippen molar-refractivity contribution in [3.05, 3.63) is 40.2 Å². The molecule has 0 amide bonds. The third kappa shape index (κ3) is 2.14. The van der Waals surface area contributed by atoms with E-state index in [1.807, 2.05) is 0 Å². The molecule has 5 heteroatoms. The summed E-state index contributed by atoms with van der Waals surface area (Å²) in [7, 11) is 0. The maximum Gasteiger partial charge on any atom is 0.132 e. The number of thiazole rings is 1. The molecule has 16 heavy (non-hydrogen) atoms. The molecule has 2 rings (SSSR count). The van der Waals surface area contributed by atoms with Crippen LogP contribution in [0.15, 0.2) is 23.6 Å². The molecule has 0 bridgehead atoms. The molecule has 0 aliphatic carbocycles. The predicted octanol–water partition coefficient (Wildman–Crippen LogP) is 2.83. The quantitative estimate of drug-likeness (QED) is 0.771. The summed E-state index contributed by atoms with van der Waals surface area (Å²) in [5.41, 5.74) is 0.479. The van der Waals surface area contributed by atoms with Gasteiger partial charge in [0.25, 0.3) is 0 Å².